The van der Waals surface area contributed by atoms with E-state index >= 15 is 0 Å². The molecule has 0 aliphatic carbocycles. The number of aliphatic hydroxyl groups is 1. The van der Waals surface area contributed by atoms with Crippen molar-refractivity contribution in [2.75, 3.05) is 0 Å². The molecule has 0 aromatic rings. The summed E-state index contributed by atoms with van der Waals surface area (Å²) < 4.78 is 0. The molecule has 0 amide bonds. The van der Waals surface area contributed by atoms with Crippen LogP contribution in [0.3, 0.4) is 0 Å². The van der Waals surface area contributed by atoms with Gasteiger partial charge in [0.15, 0.2) is 0 Å². The highest BCUT2D eigenvalue weighted by Gasteiger charge is 2.24. The lowest BCUT2D eigenvalue weighted by Crippen LogP contribution is -2.32. The quantitative estimate of drug-likeness (QED) is 0.389. The van der Waals surface area contributed by atoms with Crippen LogP contribution in [0.25, 0.3) is 0 Å². The summed E-state index contributed by atoms with van der Waals surface area (Å²) in [6.07, 6.45) is 3.39. The minimum absolute atomic E-state index is 0.161. The molecular formula is C12H25NO2. The summed E-state index contributed by atoms with van der Waals surface area (Å²) in [4.78, 5) is 0. The van der Waals surface area contributed by atoms with Gasteiger partial charge in [0.25, 0.3) is 0 Å². The predicted molar refractivity (Wildman–Crippen MR) is 63.4 cm³/mol. The van der Waals surface area contributed by atoms with Crippen LogP contribution in [0.4, 0.5) is 0 Å². The third-order valence-electron chi connectivity index (χ3n) is 2.93. The summed E-state index contributed by atoms with van der Waals surface area (Å²) in [6, 6.07) is 0. The Morgan fingerprint density at radius 1 is 1.13 bits per heavy atom. The van der Waals surface area contributed by atoms with Gasteiger partial charge in [0.1, 0.15) is 0 Å². The Labute approximate surface area is 93.2 Å². The molecule has 0 saturated heterocycles. The zero-order valence-corrected chi connectivity index (χ0v) is 10.4. The van der Waals surface area contributed by atoms with Crippen LogP contribution in [0.5, 0.6) is 0 Å². The third kappa shape index (κ3) is 4.65. The van der Waals surface area contributed by atoms with E-state index in [2.05, 4.69) is 19.0 Å². The number of aliphatic hydroxyl groups excluding tert-OH is 1. The molecule has 3 heteroatoms. The highest BCUT2D eigenvalue weighted by molar-refractivity contribution is 5.90. The van der Waals surface area contributed by atoms with Gasteiger partial charge in [-0.15, -0.1) is 0 Å². The van der Waals surface area contributed by atoms with E-state index in [9.17, 15) is 5.11 Å². The van der Waals surface area contributed by atoms with Crippen LogP contribution in [0, 0.1) is 11.8 Å². The fourth-order valence-electron chi connectivity index (χ4n) is 1.93. The van der Waals surface area contributed by atoms with Gasteiger partial charge in [-0.05, 0) is 18.8 Å². The topological polar surface area (TPSA) is 52.8 Å². The van der Waals surface area contributed by atoms with Crippen molar-refractivity contribution in [3.8, 4) is 0 Å². The van der Waals surface area contributed by atoms with Gasteiger partial charge in [-0.3, -0.25) is 0 Å². The minimum atomic E-state index is -0.600. The molecule has 0 rings (SSSR count). The van der Waals surface area contributed by atoms with Gasteiger partial charge in [0.05, 0.1) is 11.8 Å². The Balaban J connectivity index is 4.40. The second-order valence-electron chi connectivity index (χ2n) is 4.43. The number of hydrogen-bond donors (Lipinski definition) is 2. The lowest BCUT2D eigenvalue weighted by atomic mass is 9.88. The molecule has 0 aromatic carbocycles. The monoisotopic (exact) mass is 215 g/mol. The molecule has 0 aromatic heterocycles. The Kier molecular flexibility index (Phi) is 7.39. The highest BCUT2D eigenvalue weighted by atomic mass is 16.4. The molecule has 3 nitrogen and oxygen atoms in total. The van der Waals surface area contributed by atoms with Crippen molar-refractivity contribution < 1.29 is 10.3 Å². The van der Waals surface area contributed by atoms with Crippen molar-refractivity contribution >= 4 is 5.71 Å². The van der Waals surface area contributed by atoms with E-state index < -0.39 is 6.10 Å². The van der Waals surface area contributed by atoms with Crippen molar-refractivity contribution in [1.29, 1.82) is 0 Å². The lowest BCUT2D eigenvalue weighted by Gasteiger charge is -2.23. The molecule has 0 aliphatic heterocycles. The van der Waals surface area contributed by atoms with E-state index in [0.717, 1.165) is 25.7 Å². The summed E-state index contributed by atoms with van der Waals surface area (Å²) in [6.45, 7) is 8.18. The molecule has 0 heterocycles. The predicted octanol–water partition coefficient (Wildman–Crippen LogP) is 3.05. The van der Waals surface area contributed by atoms with Gasteiger partial charge >= 0.3 is 0 Å². The molecule has 0 aliphatic rings. The van der Waals surface area contributed by atoms with Crippen LogP contribution in [0.2, 0.25) is 0 Å². The normalized spacial score (nSPS) is 18.6. The molecule has 90 valence electrons. The first-order valence-corrected chi connectivity index (χ1v) is 5.98. The molecule has 0 bridgehead atoms. The SMILES string of the molecule is CCCC(C)C(=NO)C(O)C(C)CCC. The van der Waals surface area contributed by atoms with Gasteiger partial charge in [-0.2, -0.15) is 0 Å². The Morgan fingerprint density at radius 3 is 2.07 bits per heavy atom. The molecule has 15 heavy (non-hydrogen) atoms. The number of hydrogen-bond acceptors (Lipinski definition) is 3. The fourth-order valence-corrected chi connectivity index (χ4v) is 1.93. The van der Waals surface area contributed by atoms with Crippen molar-refractivity contribution in [1.82, 2.24) is 0 Å². The molecule has 3 atom stereocenters. The molecule has 3 unspecified atom stereocenters. The maximum Gasteiger partial charge on any atom is 0.0982 e. The Hall–Kier alpha value is -0.570. The molecule has 0 saturated carbocycles. The lowest BCUT2D eigenvalue weighted by molar-refractivity contribution is 0.161. The van der Waals surface area contributed by atoms with Crippen LogP contribution in [-0.4, -0.2) is 22.1 Å². The standard InChI is InChI=1S/C12H25NO2/c1-5-7-9(3)11(13-15)12(14)10(4)8-6-2/h9-10,12,14-15H,5-8H2,1-4H3. The number of rotatable bonds is 7. The van der Waals surface area contributed by atoms with Crippen LogP contribution < -0.4 is 0 Å². The van der Waals surface area contributed by atoms with E-state index in [1.807, 2.05) is 13.8 Å². The molecule has 0 spiro atoms. The molecule has 0 radical (unpaired) electrons. The van der Waals surface area contributed by atoms with Crippen LogP contribution in [0.15, 0.2) is 5.16 Å². The summed E-state index contributed by atoms with van der Waals surface area (Å²) >= 11 is 0. The van der Waals surface area contributed by atoms with Gasteiger partial charge in [0.2, 0.25) is 0 Å². The maximum absolute atomic E-state index is 10.0. The average Bonchev–Trinajstić information content (AvgIpc) is 2.19. The van der Waals surface area contributed by atoms with Crippen LogP contribution >= 0.6 is 0 Å². The minimum Gasteiger partial charge on any atom is -0.411 e. The number of nitrogens with zero attached hydrogens (tertiary/aromatic N) is 1. The first-order valence-electron chi connectivity index (χ1n) is 5.98. The van der Waals surface area contributed by atoms with Crippen molar-refractivity contribution in [2.24, 2.45) is 17.0 Å². The zero-order chi connectivity index (χ0) is 11.8. The van der Waals surface area contributed by atoms with E-state index in [0.29, 0.717) is 5.71 Å². The summed E-state index contributed by atoms with van der Waals surface area (Å²) in [5.41, 5.74) is 0.540. The van der Waals surface area contributed by atoms with E-state index in [-0.39, 0.29) is 11.8 Å². The smallest absolute Gasteiger partial charge is 0.0982 e. The van der Waals surface area contributed by atoms with Crippen molar-refractivity contribution in [3.05, 3.63) is 0 Å². The second-order valence-corrected chi connectivity index (χ2v) is 4.43. The molecular weight excluding hydrogens is 190 g/mol. The van der Waals surface area contributed by atoms with E-state index in [1.165, 1.54) is 0 Å². The third-order valence-corrected chi connectivity index (χ3v) is 2.93. The first-order chi connectivity index (χ1) is 7.08. The Morgan fingerprint density at radius 2 is 1.67 bits per heavy atom. The van der Waals surface area contributed by atoms with Crippen LogP contribution in [-0.2, 0) is 0 Å². The van der Waals surface area contributed by atoms with Gasteiger partial charge in [0, 0.05) is 5.92 Å². The first kappa shape index (κ1) is 14.4. The largest absolute Gasteiger partial charge is 0.411 e. The van der Waals surface area contributed by atoms with E-state index in [4.69, 9.17) is 5.21 Å². The molecule has 0 fully saturated rings. The zero-order valence-electron chi connectivity index (χ0n) is 10.4. The Bertz CT molecular complexity index is 192. The summed E-state index contributed by atoms with van der Waals surface area (Å²) in [7, 11) is 0. The van der Waals surface area contributed by atoms with Gasteiger partial charge < -0.3 is 10.3 Å². The van der Waals surface area contributed by atoms with Crippen molar-refractivity contribution in [3.63, 3.8) is 0 Å². The number of oxime groups is 1. The average molecular weight is 215 g/mol. The van der Waals surface area contributed by atoms with Crippen LogP contribution in [0.1, 0.15) is 53.4 Å². The van der Waals surface area contributed by atoms with Gasteiger partial charge in [-0.1, -0.05) is 45.7 Å². The fraction of sp³-hybridized carbons (Fsp3) is 0.917. The summed E-state index contributed by atoms with van der Waals surface area (Å²) in [5, 5.41) is 22.2. The maximum atomic E-state index is 10.0. The molecule has 2 N–H and O–H groups in total. The van der Waals surface area contributed by atoms with E-state index in [1.54, 1.807) is 0 Å². The highest BCUT2D eigenvalue weighted by Crippen LogP contribution is 2.18. The van der Waals surface area contributed by atoms with Gasteiger partial charge in [-0.25, -0.2) is 0 Å². The van der Waals surface area contributed by atoms with Crippen molar-refractivity contribution in [2.45, 2.75) is 59.5 Å². The summed E-state index contributed by atoms with van der Waals surface area (Å²) in [5.74, 6) is 0.328. The second kappa shape index (κ2) is 7.69.